The van der Waals surface area contributed by atoms with E-state index < -0.39 is 0 Å². The summed E-state index contributed by atoms with van der Waals surface area (Å²) in [6.07, 6.45) is 14.3. The van der Waals surface area contributed by atoms with Gasteiger partial charge in [-0.3, -0.25) is 0 Å². The first kappa shape index (κ1) is 18.0. The molecule has 0 radical (unpaired) electrons. The molecule has 1 saturated carbocycles. The zero-order valence-corrected chi connectivity index (χ0v) is 14.6. The fourth-order valence-electron chi connectivity index (χ4n) is 3.94. The Morgan fingerprint density at radius 2 is 1.80 bits per heavy atom. The predicted octanol–water partition coefficient (Wildman–Crippen LogP) is 5.79. The Morgan fingerprint density at radius 3 is 2.35 bits per heavy atom. The zero-order chi connectivity index (χ0) is 14.8. The molecule has 1 aliphatic carbocycles. The van der Waals surface area contributed by atoms with E-state index in [9.17, 15) is 0 Å². The van der Waals surface area contributed by atoms with Crippen LogP contribution < -0.4 is 5.32 Å². The summed E-state index contributed by atoms with van der Waals surface area (Å²) in [5, 5.41) is 3.73. The van der Waals surface area contributed by atoms with Crippen LogP contribution in [0.4, 0.5) is 0 Å². The Morgan fingerprint density at radius 1 is 1.10 bits per heavy atom. The lowest BCUT2D eigenvalue weighted by molar-refractivity contribution is 0.108. The Labute approximate surface area is 128 Å². The highest BCUT2D eigenvalue weighted by Gasteiger charge is 2.35. The molecule has 20 heavy (non-hydrogen) atoms. The van der Waals surface area contributed by atoms with Gasteiger partial charge in [-0.2, -0.15) is 0 Å². The normalized spacial score (nSPS) is 28.5. The molecule has 0 amide bonds. The van der Waals surface area contributed by atoms with Crippen molar-refractivity contribution in [3.05, 3.63) is 0 Å². The van der Waals surface area contributed by atoms with Gasteiger partial charge in [0.25, 0.3) is 0 Å². The summed E-state index contributed by atoms with van der Waals surface area (Å²) in [6, 6.07) is 0. The lowest BCUT2D eigenvalue weighted by atomic mass is 9.65. The van der Waals surface area contributed by atoms with E-state index in [1.807, 2.05) is 0 Å². The van der Waals surface area contributed by atoms with Crippen LogP contribution in [0.5, 0.6) is 0 Å². The number of unbranched alkanes of at least 4 members (excludes halogenated alkanes) is 1. The van der Waals surface area contributed by atoms with E-state index in [4.69, 9.17) is 0 Å². The smallest absolute Gasteiger partial charge is 0.000791 e. The van der Waals surface area contributed by atoms with Gasteiger partial charge >= 0.3 is 0 Å². The van der Waals surface area contributed by atoms with Gasteiger partial charge < -0.3 is 5.32 Å². The Kier molecular flexibility index (Phi) is 8.84. The van der Waals surface area contributed by atoms with E-state index in [0.717, 1.165) is 11.8 Å². The molecule has 1 N–H and O–H groups in total. The summed E-state index contributed by atoms with van der Waals surface area (Å²) in [5.41, 5.74) is 0.618. The minimum absolute atomic E-state index is 0.618. The zero-order valence-electron chi connectivity index (χ0n) is 14.6. The first-order chi connectivity index (χ1) is 9.65. The van der Waals surface area contributed by atoms with Gasteiger partial charge in [-0.1, -0.05) is 53.4 Å². The van der Waals surface area contributed by atoms with Crippen molar-refractivity contribution in [3.63, 3.8) is 0 Å². The van der Waals surface area contributed by atoms with Crippen LogP contribution in [-0.2, 0) is 0 Å². The molecule has 0 aliphatic heterocycles. The highest BCUT2D eigenvalue weighted by atomic mass is 14.9. The second-order valence-corrected chi connectivity index (χ2v) is 7.48. The van der Waals surface area contributed by atoms with E-state index in [2.05, 4.69) is 33.0 Å². The van der Waals surface area contributed by atoms with Crippen molar-refractivity contribution in [1.29, 1.82) is 0 Å². The summed E-state index contributed by atoms with van der Waals surface area (Å²) in [4.78, 5) is 0. The summed E-state index contributed by atoms with van der Waals surface area (Å²) < 4.78 is 0. The van der Waals surface area contributed by atoms with Crippen LogP contribution >= 0.6 is 0 Å². The van der Waals surface area contributed by atoms with Crippen LogP contribution in [0.3, 0.4) is 0 Å². The van der Waals surface area contributed by atoms with Gasteiger partial charge in [0.1, 0.15) is 0 Å². The molecule has 1 unspecified atom stereocenters. The van der Waals surface area contributed by atoms with Crippen molar-refractivity contribution in [3.8, 4) is 0 Å². The van der Waals surface area contributed by atoms with Crippen molar-refractivity contribution in [2.75, 3.05) is 13.1 Å². The molecular formula is C19H39N. The molecule has 0 aromatic carbocycles. The molecule has 0 aromatic heterocycles. The molecule has 1 fully saturated rings. The molecule has 0 heterocycles. The van der Waals surface area contributed by atoms with Gasteiger partial charge in [0.05, 0.1) is 0 Å². The standard InChI is InChI=1S/C19H39N/c1-5-8-9-18-10-12-19(13-11-18,15-17(4)7-3)16-20-14-6-2/h17-18,20H,5-16H2,1-4H3. The van der Waals surface area contributed by atoms with Crippen molar-refractivity contribution >= 4 is 0 Å². The number of rotatable bonds is 10. The van der Waals surface area contributed by atoms with Crippen molar-refractivity contribution in [2.45, 2.75) is 91.9 Å². The monoisotopic (exact) mass is 281 g/mol. The number of hydrogen-bond donors (Lipinski definition) is 1. The van der Waals surface area contributed by atoms with Crippen LogP contribution in [0.25, 0.3) is 0 Å². The summed E-state index contributed by atoms with van der Waals surface area (Å²) in [6.45, 7) is 11.9. The molecule has 1 heteroatoms. The largest absolute Gasteiger partial charge is 0.316 e. The molecule has 1 atom stereocenters. The predicted molar refractivity (Wildman–Crippen MR) is 91.1 cm³/mol. The molecule has 0 saturated heterocycles. The molecule has 120 valence electrons. The lowest BCUT2D eigenvalue weighted by Gasteiger charge is -2.42. The van der Waals surface area contributed by atoms with Crippen LogP contribution in [0, 0.1) is 17.3 Å². The van der Waals surface area contributed by atoms with E-state index in [1.54, 1.807) is 0 Å². The van der Waals surface area contributed by atoms with Crippen molar-refractivity contribution < 1.29 is 0 Å². The van der Waals surface area contributed by atoms with Crippen LogP contribution in [0.15, 0.2) is 0 Å². The first-order valence-corrected chi connectivity index (χ1v) is 9.36. The summed E-state index contributed by atoms with van der Waals surface area (Å²) in [7, 11) is 0. The highest BCUT2D eigenvalue weighted by molar-refractivity contribution is 4.88. The molecule has 1 aliphatic rings. The third-order valence-electron chi connectivity index (χ3n) is 5.54. The van der Waals surface area contributed by atoms with E-state index in [-0.39, 0.29) is 0 Å². The minimum Gasteiger partial charge on any atom is -0.316 e. The summed E-state index contributed by atoms with van der Waals surface area (Å²) >= 11 is 0. The Hall–Kier alpha value is -0.0400. The maximum Gasteiger partial charge on any atom is 0.000791 e. The molecule has 1 rings (SSSR count). The minimum atomic E-state index is 0.618. The third kappa shape index (κ3) is 6.16. The maximum absolute atomic E-state index is 3.73. The molecule has 0 aromatic rings. The van der Waals surface area contributed by atoms with Gasteiger partial charge in [-0.25, -0.2) is 0 Å². The third-order valence-corrected chi connectivity index (χ3v) is 5.54. The Bertz CT molecular complexity index is 228. The average Bonchev–Trinajstić information content (AvgIpc) is 2.47. The SMILES string of the molecule is CCCCC1CCC(CNCCC)(CC(C)CC)CC1. The van der Waals surface area contributed by atoms with Gasteiger partial charge in [0.2, 0.25) is 0 Å². The second kappa shape index (κ2) is 9.82. The first-order valence-electron chi connectivity index (χ1n) is 9.36. The average molecular weight is 282 g/mol. The van der Waals surface area contributed by atoms with Gasteiger partial charge in [0, 0.05) is 6.54 Å². The fourth-order valence-corrected chi connectivity index (χ4v) is 3.94. The second-order valence-electron chi connectivity index (χ2n) is 7.48. The number of nitrogens with one attached hydrogen (secondary N) is 1. The van der Waals surface area contributed by atoms with Crippen molar-refractivity contribution in [1.82, 2.24) is 5.32 Å². The lowest BCUT2D eigenvalue weighted by Crippen LogP contribution is -2.39. The molecule has 0 bridgehead atoms. The van der Waals surface area contributed by atoms with Gasteiger partial charge in [-0.05, 0) is 62.3 Å². The molecule has 1 nitrogen and oxygen atoms in total. The maximum atomic E-state index is 3.73. The molecule has 0 spiro atoms. The van der Waals surface area contributed by atoms with Crippen LogP contribution in [0.2, 0.25) is 0 Å². The Balaban J connectivity index is 2.48. The van der Waals surface area contributed by atoms with Crippen molar-refractivity contribution in [2.24, 2.45) is 17.3 Å². The highest BCUT2D eigenvalue weighted by Crippen LogP contribution is 2.44. The van der Waals surface area contributed by atoms with Crippen LogP contribution in [0.1, 0.15) is 91.9 Å². The topological polar surface area (TPSA) is 12.0 Å². The van der Waals surface area contributed by atoms with Crippen LogP contribution in [-0.4, -0.2) is 13.1 Å². The quantitative estimate of drug-likeness (QED) is 0.500. The van der Waals surface area contributed by atoms with E-state index in [0.29, 0.717) is 5.41 Å². The van der Waals surface area contributed by atoms with E-state index >= 15 is 0 Å². The van der Waals surface area contributed by atoms with Gasteiger partial charge in [-0.15, -0.1) is 0 Å². The summed E-state index contributed by atoms with van der Waals surface area (Å²) in [5.74, 6) is 1.93. The van der Waals surface area contributed by atoms with E-state index in [1.165, 1.54) is 77.3 Å². The number of hydrogen-bond acceptors (Lipinski definition) is 1. The molecular weight excluding hydrogens is 242 g/mol. The fraction of sp³-hybridized carbons (Fsp3) is 1.00. The van der Waals surface area contributed by atoms with Gasteiger partial charge in [0.15, 0.2) is 0 Å².